The number of esters is 1. The van der Waals surface area contributed by atoms with Gasteiger partial charge in [0.05, 0.1) is 23.9 Å². The van der Waals surface area contributed by atoms with Crippen LogP contribution in [0.5, 0.6) is 5.75 Å². The first kappa shape index (κ1) is 20.7. The van der Waals surface area contributed by atoms with Gasteiger partial charge >= 0.3 is 5.97 Å². The monoisotopic (exact) mass is 472 g/mol. The first-order valence-corrected chi connectivity index (χ1v) is 10.8. The van der Waals surface area contributed by atoms with Crippen molar-refractivity contribution < 1.29 is 23.8 Å². The van der Waals surface area contributed by atoms with Crippen molar-refractivity contribution in [3.8, 4) is 5.75 Å². The summed E-state index contributed by atoms with van der Waals surface area (Å²) in [7, 11) is 1.30. The number of halogens is 2. The molecular formula is C23H18Cl2N2O5. The Balaban J connectivity index is 1.69. The molecule has 0 bridgehead atoms. The molecule has 1 aliphatic heterocycles. The number of aromatic amines is 1. The summed E-state index contributed by atoms with van der Waals surface area (Å²) in [6.07, 6.45) is 0. The van der Waals surface area contributed by atoms with Crippen LogP contribution in [0.15, 0.2) is 34.7 Å². The molecule has 5 rings (SSSR count). The van der Waals surface area contributed by atoms with Gasteiger partial charge in [-0.05, 0) is 36.8 Å². The molecule has 0 saturated carbocycles. The Morgan fingerprint density at radius 1 is 1.31 bits per heavy atom. The van der Waals surface area contributed by atoms with E-state index in [0.29, 0.717) is 49.4 Å². The summed E-state index contributed by atoms with van der Waals surface area (Å²) in [5, 5.41) is 12.5. The van der Waals surface area contributed by atoms with Crippen molar-refractivity contribution in [1.82, 2.24) is 4.98 Å². The number of amides is 1. The Bertz CT molecular complexity index is 1420. The lowest BCUT2D eigenvalue weighted by atomic mass is 9.95. The molecule has 1 amide bonds. The number of phenolic OH excluding ortho intramolecular Hbond substituents is 1. The number of H-pyrrole nitrogens is 1. The van der Waals surface area contributed by atoms with Gasteiger partial charge < -0.3 is 24.1 Å². The molecule has 1 atom stereocenters. The van der Waals surface area contributed by atoms with Gasteiger partial charge in [0.1, 0.15) is 11.3 Å². The normalized spacial score (nSPS) is 15.5. The summed E-state index contributed by atoms with van der Waals surface area (Å²) < 4.78 is 10.7. The van der Waals surface area contributed by atoms with E-state index in [1.165, 1.54) is 18.1 Å². The molecule has 2 N–H and O–H groups in total. The zero-order valence-corrected chi connectivity index (χ0v) is 18.7. The molecule has 0 fully saturated rings. The van der Waals surface area contributed by atoms with Gasteiger partial charge in [0, 0.05) is 45.9 Å². The van der Waals surface area contributed by atoms with Crippen LogP contribution in [0, 0.1) is 6.92 Å². The Morgan fingerprint density at radius 2 is 2.09 bits per heavy atom. The maximum Gasteiger partial charge on any atom is 0.340 e. The molecule has 1 unspecified atom stereocenters. The van der Waals surface area contributed by atoms with Crippen LogP contribution in [-0.2, 0) is 4.74 Å². The van der Waals surface area contributed by atoms with Crippen molar-refractivity contribution in [2.45, 2.75) is 12.8 Å². The van der Waals surface area contributed by atoms with E-state index in [-0.39, 0.29) is 35.8 Å². The smallest absolute Gasteiger partial charge is 0.340 e. The SMILES string of the molecule is COC(=O)c1c(C)[nH]c2c(O)cc3c(c12)C(CCl)CN3C(=O)c1cc2cc(Cl)ccc2o1. The van der Waals surface area contributed by atoms with E-state index in [1.807, 2.05) is 0 Å². The van der Waals surface area contributed by atoms with Crippen molar-refractivity contribution in [3.05, 3.63) is 57.9 Å². The third-order valence-corrected chi connectivity index (χ3v) is 6.48. The number of benzene rings is 2. The highest BCUT2D eigenvalue weighted by Gasteiger charge is 2.38. The lowest BCUT2D eigenvalue weighted by Crippen LogP contribution is -2.29. The molecule has 0 radical (unpaired) electrons. The van der Waals surface area contributed by atoms with E-state index in [4.69, 9.17) is 32.4 Å². The number of phenols is 1. The number of fused-ring (bicyclic) bond motifs is 4. The third kappa shape index (κ3) is 2.96. The number of nitrogens with one attached hydrogen (secondary N) is 1. The number of hydrogen-bond acceptors (Lipinski definition) is 5. The first-order valence-electron chi connectivity index (χ1n) is 9.87. The molecule has 2 aromatic heterocycles. The fourth-order valence-corrected chi connectivity index (χ4v) is 4.90. The van der Waals surface area contributed by atoms with E-state index in [0.717, 1.165) is 0 Å². The molecule has 7 nitrogen and oxygen atoms in total. The molecule has 4 aromatic rings. The zero-order valence-electron chi connectivity index (χ0n) is 17.2. The number of carbonyl (C=O) groups excluding carboxylic acids is 2. The Kier molecular flexibility index (Phi) is 4.83. The standard InChI is InChI=1S/C23H18Cl2N2O5/c1-10-18(23(30)31-2)20-19-12(8-24)9-27(14(19)7-15(28)21(20)26-10)22(29)17-6-11-5-13(25)3-4-16(11)32-17/h3-7,12,26,28H,8-9H2,1-2H3. The van der Waals surface area contributed by atoms with E-state index < -0.39 is 5.97 Å². The van der Waals surface area contributed by atoms with Crippen LogP contribution >= 0.6 is 23.2 Å². The maximum absolute atomic E-state index is 13.4. The summed E-state index contributed by atoms with van der Waals surface area (Å²) in [4.78, 5) is 30.5. The highest BCUT2D eigenvalue weighted by atomic mass is 35.5. The van der Waals surface area contributed by atoms with Crippen LogP contribution in [0.2, 0.25) is 5.02 Å². The number of furan rings is 1. The average Bonchev–Trinajstić information content (AvgIpc) is 3.45. The fraction of sp³-hybridized carbons (Fsp3) is 0.217. The van der Waals surface area contributed by atoms with Crippen LogP contribution in [0.1, 0.15) is 38.1 Å². The van der Waals surface area contributed by atoms with Gasteiger partial charge in [0.15, 0.2) is 5.76 Å². The zero-order chi connectivity index (χ0) is 22.7. The first-order chi connectivity index (χ1) is 15.3. The second-order valence-electron chi connectivity index (χ2n) is 7.75. The summed E-state index contributed by atoms with van der Waals surface area (Å²) in [6, 6.07) is 8.26. The maximum atomic E-state index is 13.4. The molecule has 9 heteroatoms. The van der Waals surface area contributed by atoms with Gasteiger partial charge in [0.2, 0.25) is 0 Å². The highest BCUT2D eigenvalue weighted by Crippen LogP contribution is 2.47. The minimum absolute atomic E-state index is 0.0820. The van der Waals surface area contributed by atoms with Crippen molar-refractivity contribution in [1.29, 1.82) is 0 Å². The topological polar surface area (TPSA) is 95.8 Å². The predicted octanol–water partition coefficient (Wildman–Crippen LogP) is 5.35. The van der Waals surface area contributed by atoms with Crippen LogP contribution in [-0.4, -0.2) is 41.5 Å². The van der Waals surface area contributed by atoms with Crippen LogP contribution in [0.25, 0.3) is 21.9 Å². The molecule has 32 heavy (non-hydrogen) atoms. The number of aromatic hydroxyl groups is 1. The fourth-order valence-electron chi connectivity index (χ4n) is 4.47. The number of aryl methyl sites for hydroxylation is 1. The lowest BCUT2D eigenvalue weighted by molar-refractivity contribution is 0.0602. The number of ether oxygens (including phenoxy) is 1. The minimum atomic E-state index is -0.534. The number of methoxy groups -OCH3 is 1. The lowest BCUT2D eigenvalue weighted by Gasteiger charge is -2.16. The van der Waals surface area contributed by atoms with Crippen molar-refractivity contribution in [3.63, 3.8) is 0 Å². The Morgan fingerprint density at radius 3 is 2.81 bits per heavy atom. The minimum Gasteiger partial charge on any atom is -0.506 e. The molecule has 164 valence electrons. The summed E-state index contributed by atoms with van der Waals surface area (Å²) >= 11 is 12.3. The van der Waals surface area contributed by atoms with Crippen LogP contribution in [0.3, 0.4) is 0 Å². The molecule has 2 aromatic carbocycles. The summed E-state index contributed by atoms with van der Waals surface area (Å²) in [5.41, 5.74) is 3.02. The third-order valence-electron chi connectivity index (χ3n) is 5.87. The van der Waals surface area contributed by atoms with Gasteiger partial charge in [-0.1, -0.05) is 11.6 Å². The second kappa shape index (κ2) is 7.46. The van der Waals surface area contributed by atoms with Gasteiger partial charge in [-0.3, -0.25) is 4.79 Å². The summed E-state index contributed by atoms with van der Waals surface area (Å²) in [6.45, 7) is 2.00. The van der Waals surface area contributed by atoms with Gasteiger partial charge in [-0.15, -0.1) is 11.6 Å². The molecular weight excluding hydrogens is 455 g/mol. The van der Waals surface area contributed by atoms with E-state index in [9.17, 15) is 14.7 Å². The second-order valence-corrected chi connectivity index (χ2v) is 8.50. The van der Waals surface area contributed by atoms with E-state index in [1.54, 1.807) is 31.2 Å². The Hall–Kier alpha value is -3.16. The molecule has 0 aliphatic carbocycles. The molecule has 3 heterocycles. The molecule has 0 saturated heterocycles. The number of alkyl halides is 1. The average molecular weight is 473 g/mol. The highest BCUT2D eigenvalue weighted by molar-refractivity contribution is 6.31. The van der Waals surface area contributed by atoms with Gasteiger partial charge in [-0.2, -0.15) is 0 Å². The van der Waals surface area contributed by atoms with E-state index >= 15 is 0 Å². The van der Waals surface area contributed by atoms with Crippen molar-refractivity contribution in [2.75, 3.05) is 24.4 Å². The quantitative estimate of drug-likeness (QED) is 0.309. The van der Waals surface area contributed by atoms with Gasteiger partial charge in [0.25, 0.3) is 5.91 Å². The van der Waals surface area contributed by atoms with Crippen LogP contribution < -0.4 is 4.90 Å². The van der Waals surface area contributed by atoms with E-state index in [2.05, 4.69) is 4.98 Å². The number of aromatic nitrogens is 1. The van der Waals surface area contributed by atoms with Crippen molar-refractivity contribution in [2.24, 2.45) is 0 Å². The van der Waals surface area contributed by atoms with Gasteiger partial charge in [-0.25, -0.2) is 4.79 Å². The molecule has 0 spiro atoms. The largest absolute Gasteiger partial charge is 0.506 e. The molecule has 1 aliphatic rings. The number of rotatable bonds is 3. The Labute approximate surface area is 192 Å². The van der Waals surface area contributed by atoms with Crippen LogP contribution in [0.4, 0.5) is 5.69 Å². The number of carbonyl (C=O) groups is 2. The predicted molar refractivity (Wildman–Crippen MR) is 122 cm³/mol. The number of hydrogen-bond donors (Lipinski definition) is 2. The number of nitrogens with zero attached hydrogens (tertiary/aromatic N) is 1. The van der Waals surface area contributed by atoms with Crippen molar-refractivity contribution >= 4 is 62.6 Å². The number of anilines is 1. The summed E-state index contributed by atoms with van der Waals surface area (Å²) in [5.74, 6) is -0.887.